The van der Waals surface area contributed by atoms with E-state index in [-0.39, 0.29) is 17.1 Å². The number of hydrogen-bond donors (Lipinski definition) is 0. The minimum Gasteiger partial charge on any atom is -0.213 e. The SMILES string of the molecule is Brc1ccc[cH-]1.ClC(Cl)(Cl)c1ccc[cH-]1.[Fe+2]. The van der Waals surface area contributed by atoms with E-state index >= 15 is 0 Å². The second kappa shape index (κ2) is 7.81. The van der Waals surface area contributed by atoms with Crippen LogP contribution in [0.3, 0.4) is 0 Å². The van der Waals surface area contributed by atoms with Gasteiger partial charge in [0.25, 0.3) is 0 Å². The third-order valence-corrected chi connectivity index (χ3v) is 2.80. The van der Waals surface area contributed by atoms with Crippen molar-refractivity contribution in [2.45, 2.75) is 3.79 Å². The van der Waals surface area contributed by atoms with E-state index in [0.29, 0.717) is 5.56 Å². The van der Waals surface area contributed by atoms with Crippen molar-refractivity contribution in [3.8, 4) is 0 Å². The van der Waals surface area contributed by atoms with Crippen LogP contribution >= 0.6 is 50.7 Å². The van der Waals surface area contributed by atoms with Gasteiger partial charge in [-0.1, -0.05) is 50.7 Å². The number of alkyl halides is 3. The van der Waals surface area contributed by atoms with Crippen LogP contribution in [-0.2, 0) is 20.9 Å². The first-order valence-corrected chi connectivity index (χ1v) is 6.09. The summed E-state index contributed by atoms with van der Waals surface area (Å²) in [5.74, 6) is 0. The van der Waals surface area contributed by atoms with Crippen molar-refractivity contribution in [2.75, 3.05) is 0 Å². The molecule has 0 aliphatic heterocycles. The molecular weight excluding hydrogens is 374 g/mol. The van der Waals surface area contributed by atoms with Crippen molar-refractivity contribution in [2.24, 2.45) is 0 Å². The quantitative estimate of drug-likeness (QED) is 0.325. The van der Waals surface area contributed by atoms with Gasteiger partial charge in [0.05, 0.1) is 0 Å². The molecule has 0 atom stereocenters. The molecule has 16 heavy (non-hydrogen) atoms. The molecule has 2 aromatic rings. The fourth-order valence-electron chi connectivity index (χ4n) is 0.914. The molecule has 0 aliphatic carbocycles. The van der Waals surface area contributed by atoms with E-state index in [1.54, 1.807) is 12.1 Å². The summed E-state index contributed by atoms with van der Waals surface area (Å²) in [5, 5.41) is 0. The zero-order chi connectivity index (χ0) is 11.3. The normalized spacial score (nSPS) is 10.0. The van der Waals surface area contributed by atoms with Gasteiger partial charge in [-0.2, -0.15) is 30.3 Å². The van der Waals surface area contributed by atoms with Crippen LogP contribution in [0.1, 0.15) is 5.56 Å². The summed E-state index contributed by atoms with van der Waals surface area (Å²) in [7, 11) is 0. The van der Waals surface area contributed by atoms with Crippen LogP contribution in [0, 0.1) is 0 Å². The zero-order valence-corrected chi connectivity index (χ0v) is 12.9. The first kappa shape index (κ1) is 16.6. The Hall–Kier alpha value is 0.569. The fourth-order valence-corrected chi connectivity index (χ4v) is 1.60. The molecule has 0 N–H and O–H groups in total. The summed E-state index contributed by atoms with van der Waals surface area (Å²) in [6.07, 6.45) is 0. The molecule has 0 amide bonds. The van der Waals surface area contributed by atoms with Crippen molar-refractivity contribution in [3.63, 3.8) is 0 Å². The maximum Gasteiger partial charge on any atom is 2.00 e. The monoisotopic (exact) mass is 380 g/mol. The molecule has 0 radical (unpaired) electrons. The molecule has 0 bridgehead atoms. The molecular formula is C11H8BrCl3Fe. The molecule has 0 spiro atoms. The molecule has 0 nitrogen and oxygen atoms in total. The molecule has 0 heterocycles. The smallest absolute Gasteiger partial charge is 0.213 e. The van der Waals surface area contributed by atoms with E-state index in [1.807, 2.05) is 36.4 Å². The summed E-state index contributed by atoms with van der Waals surface area (Å²) >= 11 is 19.9. The predicted molar refractivity (Wildman–Crippen MR) is 71.0 cm³/mol. The minimum atomic E-state index is -1.26. The average Bonchev–Trinajstić information content (AvgIpc) is 2.73. The van der Waals surface area contributed by atoms with Gasteiger partial charge in [0.15, 0.2) is 3.79 Å². The van der Waals surface area contributed by atoms with Gasteiger partial charge in [-0.15, -0.1) is 10.0 Å². The Balaban J connectivity index is 0.000000283. The summed E-state index contributed by atoms with van der Waals surface area (Å²) in [6, 6.07) is 15.2. The molecule has 0 saturated carbocycles. The molecule has 5 heteroatoms. The molecule has 0 fully saturated rings. The van der Waals surface area contributed by atoms with Crippen molar-refractivity contribution in [1.29, 1.82) is 0 Å². The van der Waals surface area contributed by atoms with E-state index in [1.165, 1.54) is 0 Å². The van der Waals surface area contributed by atoms with E-state index in [9.17, 15) is 0 Å². The summed E-state index contributed by atoms with van der Waals surface area (Å²) in [5.41, 5.74) is 0.715. The molecule has 0 unspecified atom stereocenters. The van der Waals surface area contributed by atoms with Crippen LogP contribution in [0.2, 0.25) is 0 Å². The van der Waals surface area contributed by atoms with Crippen LogP contribution in [-0.4, -0.2) is 0 Å². The Labute approximate surface area is 129 Å². The van der Waals surface area contributed by atoms with Gasteiger partial charge in [0, 0.05) is 0 Å². The van der Waals surface area contributed by atoms with Gasteiger partial charge in [-0.3, -0.25) is 0 Å². The van der Waals surface area contributed by atoms with E-state index in [4.69, 9.17) is 34.8 Å². The average molecular weight is 382 g/mol. The topological polar surface area (TPSA) is 0 Å². The Bertz CT molecular complexity index is 362. The van der Waals surface area contributed by atoms with Gasteiger partial charge >= 0.3 is 17.1 Å². The van der Waals surface area contributed by atoms with E-state index in [0.717, 1.165) is 4.47 Å². The number of rotatable bonds is 0. The van der Waals surface area contributed by atoms with Gasteiger partial charge in [0.1, 0.15) is 0 Å². The van der Waals surface area contributed by atoms with E-state index < -0.39 is 3.79 Å². The van der Waals surface area contributed by atoms with Crippen molar-refractivity contribution >= 4 is 50.7 Å². The Kier molecular flexibility index (Phi) is 8.09. The first-order valence-electron chi connectivity index (χ1n) is 4.16. The van der Waals surface area contributed by atoms with Gasteiger partial charge < -0.3 is 0 Å². The number of halogens is 4. The second-order valence-electron chi connectivity index (χ2n) is 2.77. The molecule has 2 aromatic carbocycles. The molecule has 2 rings (SSSR count). The Morgan fingerprint density at radius 3 is 1.75 bits per heavy atom. The zero-order valence-electron chi connectivity index (χ0n) is 7.98. The maximum absolute atomic E-state index is 5.53. The predicted octanol–water partition coefficient (Wildman–Crippen LogP) is 5.40. The Morgan fingerprint density at radius 1 is 1.00 bits per heavy atom. The van der Waals surface area contributed by atoms with Crippen LogP contribution in [0.15, 0.2) is 53.0 Å². The van der Waals surface area contributed by atoms with Crippen molar-refractivity contribution in [3.05, 3.63) is 58.6 Å². The first-order chi connectivity index (χ1) is 7.00. The summed E-state index contributed by atoms with van der Waals surface area (Å²) in [6.45, 7) is 0. The maximum atomic E-state index is 5.53. The second-order valence-corrected chi connectivity index (χ2v) is 5.97. The number of hydrogen-bond acceptors (Lipinski definition) is 0. The van der Waals surface area contributed by atoms with Gasteiger partial charge in [-0.05, 0) is 0 Å². The van der Waals surface area contributed by atoms with Gasteiger partial charge in [0.2, 0.25) is 0 Å². The third-order valence-electron chi connectivity index (χ3n) is 1.61. The van der Waals surface area contributed by atoms with Crippen LogP contribution in [0.25, 0.3) is 0 Å². The standard InChI is InChI=1S/C6H4Cl3.C5H4Br.Fe/c7-6(8,9)5-3-1-2-4-5;6-5-3-1-2-4-5;/h1-4H;1-4H;/q2*-1;+2. The largest absolute Gasteiger partial charge is 2.00 e. The molecule has 0 saturated heterocycles. The minimum absolute atomic E-state index is 0. The van der Waals surface area contributed by atoms with Crippen molar-refractivity contribution in [1.82, 2.24) is 0 Å². The Morgan fingerprint density at radius 2 is 1.56 bits per heavy atom. The van der Waals surface area contributed by atoms with Gasteiger partial charge in [-0.25, -0.2) is 18.2 Å². The van der Waals surface area contributed by atoms with Crippen molar-refractivity contribution < 1.29 is 17.1 Å². The van der Waals surface area contributed by atoms with Crippen LogP contribution in [0.5, 0.6) is 0 Å². The van der Waals surface area contributed by atoms with E-state index in [2.05, 4.69) is 15.9 Å². The molecule has 0 aromatic heterocycles. The summed E-state index contributed by atoms with van der Waals surface area (Å²) in [4.78, 5) is 0. The molecule has 0 aliphatic rings. The third kappa shape index (κ3) is 6.34. The fraction of sp³-hybridized carbons (Fsp3) is 0.0909. The summed E-state index contributed by atoms with van der Waals surface area (Å²) < 4.78 is -0.105. The molecule has 88 valence electrons. The van der Waals surface area contributed by atoms with Crippen LogP contribution in [0.4, 0.5) is 0 Å². The van der Waals surface area contributed by atoms with Crippen LogP contribution < -0.4 is 0 Å².